The second kappa shape index (κ2) is 7.75. The molecule has 1 aromatic carbocycles. The number of amides is 1. The fourth-order valence-corrected chi connectivity index (χ4v) is 3.25. The van der Waals surface area contributed by atoms with Crippen molar-refractivity contribution in [2.24, 2.45) is 0 Å². The minimum Gasteiger partial charge on any atom is -0.461 e. The van der Waals surface area contributed by atoms with Gasteiger partial charge in [-0.2, -0.15) is 0 Å². The number of rotatable bonds is 4. The normalized spacial score (nSPS) is 15.7. The quantitative estimate of drug-likeness (QED) is 0.705. The van der Waals surface area contributed by atoms with Crippen molar-refractivity contribution in [2.75, 3.05) is 26.2 Å². The van der Waals surface area contributed by atoms with Gasteiger partial charge >= 0.3 is 0 Å². The Morgan fingerprint density at radius 1 is 1.07 bits per heavy atom. The van der Waals surface area contributed by atoms with Gasteiger partial charge in [0.05, 0.1) is 6.26 Å². The molecule has 3 aromatic rings. The van der Waals surface area contributed by atoms with Crippen LogP contribution in [0.1, 0.15) is 22.5 Å². The van der Waals surface area contributed by atoms with Crippen molar-refractivity contribution in [3.05, 3.63) is 65.8 Å². The first-order valence-corrected chi connectivity index (χ1v) is 8.96. The molecule has 3 heterocycles. The highest BCUT2D eigenvalue weighted by molar-refractivity contribution is 5.93. The molecule has 140 valence electrons. The van der Waals surface area contributed by atoms with Crippen LogP contribution in [0.15, 0.2) is 57.7 Å². The van der Waals surface area contributed by atoms with Crippen LogP contribution in [-0.2, 0) is 6.54 Å². The predicted octanol–water partition coefficient (Wildman–Crippen LogP) is 3.42. The van der Waals surface area contributed by atoms with Gasteiger partial charge in [0.15, 0.2) is 11.5 Å². The molecule has 1 fully saturated rings. The van der Waals surface area contributed by atoms with Gasteiger partial charge in [0.25, 0.3) is 5.91 Å². The summed E-state index contributed by atoms with van der Waals surface area (Å²) < 4.78 is 23.5. The molecule has 6 nitrogen and oxygen atoms in total. The summed E-state index contributed by atoms with van der Waals surface area (Å²) in [5.41, 5.74) is 1.35. The molecule has 0 saturated carbocycles. The van der Waals surface area contributed by atoms with Crippen molar-refractivity contribution < 1.29 is 18.1 Å². The van der Waals surface area contributed by atoms with E-state index in [2.05, 4.69) is 10.1 Å². The van der Waals surface area contributed by atoms with E-state index in [0.717, 1.165) is 31.6 Å². The minimum absolute atomic E-state index is 0.139. The monoisotopic (exact) mass is 369 g/mol. The lowest BCUT2D eigenvalue weighted by Crippen LogP contribution is -2.35. The second-order valence-electron chi connectivity index (χ2n) is 6.60. The van der Waals surface area contributed by atoms with Crippen molar-refractivity contribution >= 4 is 5.91 Å². The topological polar surface area (TPSA) is 62.7 Å². The molecule has 1 saturated heterocycles. The zero-order valence-electron chi connectivity index (χ0n) is 14.8. The van der Waals surface area contributed by atoms with Crippen LogP contribution >= 0.6 is 0 Å². The van der Waals surface area contributed by atoms with Gasteiger partial charge < -0.3 is 13.8 Å². The number of benzene rings is 1. The van der Waals surface area contributed by atoms with Crippen LogP contribution < -0.4 is 0 Å². The van der Waals surface area contributed by atoms with E-state index < -0.39 is 0 Å². The molecule has 1 aliphatic heterocycles. The molecular weight excluding hydrogens is 349 g/mol. The number of furan rings is 1. The summed E-state index contributed by atoms with van der Waals surface area (Å²) in [5, 5.41) is 3.90. The maximum atomic E-state index is 13.0. The first-order chi connectivity index (χ1) is 13.2. The molecule has 7 heteroatoms. The molecule has 1 amide bonds. The first-order valence-electron chi connectivity index (χ1n) is 8.96. The van der Waals surface area contributed by atoms with Crippen LogP contribution in [0.4, 0.5) is 4.39 Å². The molecule has 4 rings (SSSR count). The Balaban J connectivity index is 1.37. The Morgan fingerprint density at radius 2 is 1.93 bits per heavy atom. The number of carbonyl (C=O) groups is 1. The zero-order valence-corrected chi connectivity index (χ0v) is 14.8. The maximum Gasteiger partial charge on any atom is 0.276 e. The molecule has 0 unspecified atom stereocenters. The molecule has 0 spiro atoms. The van der Waals surface area contributed by atoms with Gasteiger partial charge in [-0.1, -0.05) is 17.3 Å². The van der Waals surface area contributed by atoms with Crippen LogP contribution in [0.25, 0.3) is 11.5 Å². The molecule has 2 aromatic heterocycles. The number of hydrogen-bond acceptors (Lipinski definition) is 5. The third kappa shape index (κ3) is 4.09. The summed E-state index contributed by atoms with van der Waals surface area (Å²) in [6.07, 6.45) is 2.42. The number of aromatic nitrogens is 1. The molecule has 0 atom stereocenters. The fourth-order valence-electron chi connectivity index (χ4n) is 3.25. The van der Waals surface area contributed by atoms with E-state index in [-0.39, 0.29) is 17.4 Å². The first kappa shape index (κ1) is 17.5. The standard InChI is InChI=1S/C20H20FN3O3/c21-16-6-4-15(5-7-16)14-23-8-2-9-24(11-10-23)20(25)17-13-19(27-22-17)18-3-1-12-26-18/h1,3-7,12-13H,2,8-11,14H2. The minimum atomic E-state index is -0.229. The lowest BCUT2D eigenvalue weighted by Gasteiger charge is -2.21. The molecule has 0 N–H and O–H groups in total. The van der Waals surface area contributed by atoms with Crippen molar-refractivity contribution in [3.63, 3.8) is 0 Å². The average Bonchev–Trinajstić information content (AvgIpc) is 3.32. The van der Waals surface area contributed by atoms with Gasteiger partial charge in [0.1, 0.15) is 5.82 Å². The third-order valence-corrected chi connectivity index (χ3v) is 4.69. The smallest absolute Gasteiger partial charge is 0.276 e. The fraction of sp³-hybridized carbons (Fsp3) is 0.300. The Morgan fingerprint density at radius 3 is 2.70 bits per heavy atom. The summed E-state index contributed by atoms with van der Waals surface area (Å²) in [6, 6.07) is 11.7. The summed E-state index contributed by atoms with van der Waals surface area (Å²) in [5.74, 6) is 0.618. The molecule has 0 radical (unpaired) electrons. The van der Waals surface area contributed by atoms with Gasteiger partial charge in [-0.05, 0) is 36.2 Å². The number of carbonyl (C=O) groups excluding carboxylic acids is 1. The number of hydrogen-bond donors (Lipinski definition) is 0. The van der Waals surface area contributed by atoms with E-state index in [9.17, 15) is 9.18 Å². The summed E-state index contributed by atoms with van der Waals surface area (Å²) in [7, 11) is 0. The van der Waals surface area contributed by atoms with Crippen LogP contribution in [0.2, 0.25) is 0 Å². The van der Waals surface area contributed by atoms with Crippen molar-refractivity contribution in [1.82, 2.24) is 15.0 Å². The number of nitrogens with zero attached hydrogens (tertiary/aromatic N) is 3. The van der Waals surface area contributed by atoms with Gasteiger partial charge in [-0.25, -0.2) is 4.39 Å². The molecular formula is C20H20FN3O3. The van der Waals surface area contributed by atoms with E-state index in [1.54, 1.807) is 41.5 Å². The maximum absolute atomic E-state index is 13.0. The van der Waals surface area contributed by atoms with Gasteiger partial charge in [-0.15, -0.1) is 0 Å². The average molecular weight is 369 g/mol. The molecule has 0 bridgehead atoms. The van der Waals surface area contributed by atoms with Crippen LogP contribution in [0, 0.1) is 5.82 Å². The van der Waals surface area contributed by atoms with E-state index in [1.807, 2.05) is 0 Å². The highest BCUT2D eigenvalue weighted by atomic mass is 19.1. The Hall–Kier alpha value is -2.93. The highest BCUT2D eigenvalue weighted by Gasteiger charge is 2.23. The van der Waals surface area contributed by atoms with Crippen molar-refractivity contribution in [1.29, 1.82) is 0 Å². The zero-order chi connectivity index (χ0) is 18.6. The lowest BCUT2D eigenvalue weighted by atomic mass is 10.2. The van der Waals surface area contributed by atoms with E-state index in [0.29, 0.717) is 24.6 Å². The van der Waals surface area contributed by atoms with E-state index in [1.165, 1.54) is 12.1 Å². The van der Waals surface area contributed by atoms with Gasteiger partial charge in [0.2, 0.25) is 5.76 Å². The summed E-state index contributed by atoms with van der Waals surface area (Å²) in [4.78, 5) is 16.8. The summed E-state index contributed by atoms with van der Waals surface area (Å²) in [6.45, 7) is 3.67. The van der Waals surface area contributed by atoms with Gasteiger partial charge in [-0.3, -0.25) is 9.69 Å². The Labute approximate surface area is 156 Å². The lowest BCUT2D eigenvalue weighted by molar-refractivity contribution is 0.0750. The van der Waals surface area contributed by atoms with Crippen LogP contribution in [-0.4, -0.2) is 47.0 Å². The van der Waals surface area contributed by atoms with Crippen molar-refractivity contribution in [3.8, 4) is 11.5 Å². The summed E-state index contributed by atoms with van der Waals surface area (Å²) >= 11 is 0. The van der Waals surface area contributed by atoms with E-state index in [4.69, 9.17) is 8.94 Å². The molecule has 0 aliphatic carbocycles. The van der Waals surface area contributed by atoms with Gasteiger partial charge in [0, 0.05) is 38.8 Å². The van der Waals surface area contributed by atoms with E-state index >= 15 is 0 Å². The Kier molecular flexibility index (Phi) is 5.02. The van der Waals surface area contributed by atoms with Crippen LogP contribution in [0.3, 0.4) is 0 Å². The molecule has 1 aliphatic rings. The Bertz CT molecular complexity index is 890. The highest BCUT2D eigenvalue weighted by Crippen LogP contribution is 2.21. The SMILES string of the molecule is O=C(c1cc(-c2ccco2)on1)N1CCCN(Cc2ccc(F)cc2)CC1. The third-order valence-electron chi connectivity index (χ3n) is 4.69. The largest absolute Gasteiger partial charge is 0.461 e. The van der Waals surface area contributed by atoms with Crippen molar-refractivity contribution in [2.45, 2.75) is 13.0 Å². The molecule has 27 heavy (non-hydrogen) atoms. The predicted molar refractivity (Wildman–Crippen MR) is 96.4 cm³/mol. The van der Waals surface area contributed by atoms with Crippen LogP contribution in [0.5, 0.6) is 0 Å². The second-order valence-corrected chi connectivity index (χ2v) is 6.60. The number of halogens is 1.